The Hall–Kier alpha value is -1.99. The fourth-order valence-corrected chi connectivity index (χ4v) is 3.73. The van der Waals surface area contributed by atoms with Crippen LogP contribution in [0.3, 0.4) is 0 Å². The van der Waals surface area contributed by atoms with Gasteiger partial charge in [0.25, 0.3) is 0 Å². The molecule has 1 aromatic rings. The van der Waals surface area contributed by atoms with Crippen molar-refractivity contribution in [2.45, 2.75) is 51.9 Å². The number of hydrogen-bond donors (Lipinski definition) is 2. The number of morpholine rings is 1. The van der Waals surface area contributed by atoms with Crippen LogP contribution in [-0.4, -0.2) is 68.6 Å². The molecule has 1 saturated heterocycles. The largest absolute Gasteiger partial charge is 0.454 e. The van der Waals surface area contributed by atoms with E-state index in [-0.39, 0.29) is 17.7 Å². The highest BCUT2D eigenvalue weighted by Gasteiger charge is 2.33. The molecule has 1 fully saturated rings. The molecule has 0 spiro atoms. The van der Waals surface area contributed by atoms with Gasteiger partial charge in [0.15, 0.2) is 17.5 Å². The quantitative estimate of drug-likeness (QED) is 0.572. The van der Waals surface area contributed by atoms with E-state index in [0.29, 0.717) is 6.79 Å². The van der Waals surface area contributed by atoms with Crippen molar-refractivity contribution in [3.05, 3.63) is 23.8 Å². The molecule has 3 rings (SSSR count). The average Bonchev–Trinajstić information content (AvgIpc) is 3.11. The van der Waals surface area contributed by atoms with E-state index in [4.69, 9.17) is 14.2 Å². The minimum Gasteiger partial charge on any atom is -0.454 e. The standard InChI is InChI=1S/C21H34N4O3/c1-15-11-25(12-16(2)28-15)21(3,4)13-24-20(22-5)23-9-8-17-6-7-18-19(10-17)27-14-26-18/h6-7,10,15-16H,8-9,11-14H2,1-5H3,(H2,22,23,24). The smallest absolute Gasteiger partial charge is 0.231 e. The number of rotatable bonds is 6. The van der Waals surface area contributed by atoms with Crippen LogP contribution >= 0.6 is 0 Å². The van der Waals surface area contributed by atoms with Crippen LogP contribution in [-0.2, 0) is 11.2 Å². The van der Waals surface area contributed by atoms with Gasteiger partial charge in [0, 0.05) is 38.8 Å². The molecule has 2 N–H and O–H groups in total. The predicted molar refractivity (Wildman–Crippen MR) is 111 cm³/mol. The molecule has 1 aromatic carbocycles. The van der Waals surface area contributed by atoms with Crippen molar-refractivity contribution in [1.82, 2.24) is 15.5 Å². The number of nitrogens with zero attached hydrogens (tertiary/aromatic N) is 2. The van der Waals surface area contributed by atoms with E-state index in [1.165, 1.54) is 5.56 Å². The van der Waals surface area contributed by atoms with Crippen molar-refractivity contribution >= 4 is 5.96 Å². The molecular formula is C21H34N4O3. The Morgan fingerprint density at radius 2 is 1.86 bits per heavy atom. The highest BCUT2D eigenvalue weighted by atomic mass is 16.7. The van der Waals surface area contributed by atoms with E-state index in [9.17, 15) is 0 Å². The number of fused-ring (bicyclic) bond motifs is 1. The van der Waals surface area contributed by atoms with Crippen LogP contribution in [0.5, 0.6) is 11.5 Å². The second-order valence-corrected chi connectivity index (χ2v) is 8.26. The van der Waals surface area contributed by atoms with Gasteiger partial charge < -0.3 is 24.8 Å². The Morgan fingerprint density at radius 3 is 2.57 bits per heavy atom. The third kappa shape index (κ3) is 5.29. The van der Waals surface area contributed by atoms with Crippen LogP contribution in [0, 0.1) is 0 Å². The van der Waals surface area contributed by atoms with Gasteiger partial charge in [-0.1, -0.05) is 6.07 Å². The second-order valence-electron chi connectivity index (χ2n) is 8.26. The number of nitrogens with one attached hydrogen (secondary N) is 2. The molecule has 2 aliphatic rings. The van der Waals surface area contributed by atoms with E-state index in [0.717, 1.165) is 50.1 Å². The lowest BCUT2D eigenvalue weighted by Crippen LogP contribution is -2.59. The van der Waals surface area contributed by atoms with Crippen LogP contribution in [0.2, 0.25) is 0 Å². The van der Waals surface area contributed by atoms with Gasteiger partial charge in [0.05, 0.1) is 12.2 Å². The van der Waals surface area contributed by atoms with Crippen molar-refractivity contribution < 1.29 is 14.2 Å². The lowest BCUT2D eigenvalue weighted by molar-refractivity contribution is -0.0946. The molecule has 0 amide bonds. The summed E-state index contributed by atoms with van der Waals surface area (Å²) in [5.41, 5.74) is 1.23. The van der Waals surface area contributed by atoms with Gasteiger partial charge >= 0.3 is 0 Å². The van der Waals surface area contributed by atoms with Crippen LogP contribution in [0.4, 0.5) is 0 Å². The molecular weight excluding hydrogens is 356 g/mol. The summed E-state index contributed by atoms with van der Waals surface area (Å²) in [6.45, 7) is 12.6. The molecule has 28 heavy (non-hydrogen) atoms. The van der Waals surface area contributed by atoms with E-state index in [1.807, 2.05) is 19.2 Å². The highest BCUT2D eigenvalue weighted by Crippen LogP contribution is 2.32. The molecule has 2 heterocycles. The highest BCUT2D eigenvalue weighted by molar-refractivity contribution is 5.79. The van der Waals surface area contributed by atoms with Gasteiger partial charge in [-0.15, -0.1) is 0 Å². The van der Waals surface area contributed by atoms with E-state index in [1.54, 1.807) is 0 Å². The number of ether oxygens (including phenoxy) is 3. The summed E-state index contributed by atoms with van der Waals surface area (Å²) < 4.78 is 16.7. The summed E-state index contributed by atoms with van der Waals surface area (Å²) >= 11 is 0. The summed E-state index contributed by atoms with van der Waals surface area (Å²) in [6, 6.07) is 6.09. The topological polar surface area (TPSA) is 67.4 Å². The van der Waals surface area contributed by atoms with Gasteiger partial charge in [-0.25, -0.2) is 0 Å². The fraction of sp³-hybridized carbons (Fsp3) is 0.667. The Labute approximate surface area is 168 Å². The molecule has 0 saturated carbocycles. The van der Waals surface area contributed by atoms with E-state index in [2.05, 4.69) is 54.3 Å². The van der Waals surface area contributed by atoms with Crippen molar-refractivity contribution in [3.8, 4) is 11.5 Å². The summed E-state index contributed by atoms with van der Waals surface area (Å²) in [4.78, 5) is 6.86. The summed E-state index contributed by atoms with van der Waals surface area (Å²) in [6.07, 6.45) is 1.42. The Morgan fingerprint density at radius 1 is 1.14 bits per heavy atom. The zero-order chi connectivity index (χ0) is 20.1. The van der Waals surface area contributed by atoms with Crippen molar-refractivity contribution in [2.24, 2.45) is 4.99 Å². The Bertz CT molecular complexity index is 682. The molecule has 0 aliphatic carbocycles. The first-order valence-corrected chi connectivity index (χ1v) is 10.1. The monoisotopic (exact) mass is 390 g/mol. The zero-order valence-corrected chi connectivity index (χ0v) is 17.7. The fourth-order valence-electron chi connectivity index (χ4n) is 3.73. The molecule has 156 valence electrons. The normalized spacial score (nSPS) is 23.0. The third-order valence-corrected chi connectivity index (χ3v) is 5.33. The molecule has 2 aliphatic heterocycles. The maximum absolute atomic E-state index is 5.87. The van der Waals surface area contributed by atoms with Crippen molar-refractivity contribution in [3.63, 3.8) is 0 Å². The molecule has 0 radical (unpaired) electrons. The van der Waals surface area contributed by atoms with Gasteiger partial charge in [-0.05, 0) is 51.8 Å². The second kappa shape index (κ2) is 9.01. The molecule has 0 aromatic heterocycles. The lowest BCUT2D eigenvalue weighted by Gasteiger charge is -2.45. The van der Waals surface area contributed by atoms with Gasteiger partial charge in [0.2, 0.25) is 6.79 Å². The number of hydrogen-bond acceptors (Lipinski definition) is 5. The summed E-state index contributed by atoms with van der Waals surface area (Å²) in [7, 11) is 1.81. The maximum Gasteiger partial charge on any atom is 0.231 e. The minimum atomic E-state index is 0.0151. The first-order chi connectivity index (χ1) is 13.4. The Kier molecular flexibility index (Phi) is 6.67. The van der Waals surface area contributed by atoms with Crippen LogP contribution < -0.4 is 20.1 Å². The van der Waals surface area contributed by atoms with E-state index >= 15 is 0 Å². The van der Waals surface area contributed by atoms with Crippen molar-refractivity contribution in [2.75, 3.05) is 40.0 Å². The van der Waals surface area contributed by atoms with Crippen LogP contribution in [0.25, 0.3) is 0 Å². The molecule has 2 atom stereocenters. The number of aliphatic imine (C=N–C) groups is 1. The maximum atomic E-state index is 5.87. The molecule has 7 heteroatoms. The van der Waals surface area contributed by atoms with Crippen LogP contribution in [0.1, 0.15) is 33.3 Å². The summed E-state index contributed by atoms with van der Waals surface area (Å²) in [5.74, 6) is 2.47. The van der Waals surface area contributed by atoms with E-state index < -0.39 is 0 Å². The first-order valence-electron chi connectivity index (χ1n) is 10.1. The number of guanidine groups is 1. The SMILES string of the molecule is CN=C(NCCc1ccc2c(c1)OCO2)NCC(C)(C)N1CC(C)OC(C)C1. The van der Waals surface area contributed by atoms with Gasteiger partial charge in [0.1, 0.15) is 0 Å². The molecule has 2 unspecified atom stereocenters. The number of benzene rings is 1. The molecule has 7 nitrogen and oxygen atoms in total. The van der Waals surface area contributed by atoms with Gasteiger partial charge in [-0.2, -0.15) is 0 Å². The first kappa shape index (κ1) is 20.7. The minimum absolute atomic E-state index is 0.0151. The predicted octanol–water partition coefficient (Wildman–Crippen LogP) is 2.01. The average molecular weight is 391 g/mol. The summed E-state index contributed by atoms with van der Waals surface area (Å²) in [5, 5.41) is 6.88. The molecule has 0 bridgehead atoms. The Balaban J connectivity index is 1.45. The lowest BCUT2D eigenvalue weighted by atomic mass is 10.00. The van der Waals surface area contributed by atoms with Crippen LogP contribution in [0.15, 0.2) is 23.2 Å². The van der Waals surface area contributed by atoms with Crippen molar-refractivity contribution in [1.29, 1.82) is 0 Å². The third-order valence-electron chi connectivity index (χ3n) is 5.33. The zero-order valence-electron chi connectivity index (χ0n) is 17.7. The van der Waals surface area contributed by atoms with Gasteiger partial charge in [-0.3, -0.25) is 9.89 Å².